The number of thioether (sulfide) groups is 3. The van der Waals surface area contributed by atoms with Gasteiger partial charge in [-0.3, -0.25) is 9.69 Å². The molecular formula is C10H10F3NO4S3. The van der Waals surface area contributed by atoms with Crippen molar-refractivity contribution in [2.75, 3.05) is 12.0 Å². The van der Waals surface area contributed by atoms with Crippen LogP contribution in [0.5, 0.6) is 0 Å². The van der Waals surface area contributed by atoms with Crippen LogP contribution in [-0.2, 0) is 9.59 Å². The van der Waals surface area contributed by atoms with Gasteiger partial charge < -0.3 is 10.2 Å². The predicted molar refractivity (Wildman–Crippen MR) is 74.5 cm³/mol. The van der Waals surface area contributed by atoms with Crippen molar-refractivity contribution in [3.05, 3.63) is 9.93 Å². The third kappa shape index (κ3) is 2.88. The van der Waals surface area contributed by atoms with E-state index in [1.54, 1.807) is 6.26 Å². The average molecular weight is 361 g/mol. The highest BCUT2D eigenvalue weighted by Gasteiger charge is 2.59. The topological polar surface area (TPSA) is 77.8 Å². The Kier molecular flexibility index (Phi) is 4.49. The first kappa shape index (κ1) is 16.8. The molecule has 0 bridgehead atoms. The Hall–Kier alpha value is -0.520. The third-order valence-corrected chi connectivity index (χ3v) is 6.74. The molecule has 2 unspecified atom stereocenters. The van der Waals surface area contributed by atoms with Crippen LogP contribution in [0.15, 0.2) is 9.93 Å². The normalized spacial score (nSPS) is 32.1. The molecule has 11 heteroatoms. The standard InChI is InChI=1S/C10H10F3NO4S3/c1-19-5-2-4(15)14(5)6(7(16)17)8-20-3-9(18,21-8)10(11,12)13/h5,18H,2-3H2,1H3,(H,16,17). The van der Waals surface area contributed by atoms with Crippen molar-refractivity contribution in [1.29, 1.82) is 0 Å². The van der Waals surface area contributed by atoms with Crippen molar-refractivity contribution in [3.63, 3.8) is 0 Å². The molecule has 2 saturated heterocycles. The summed E-state index contributed by atoms with van der Waals surface area (Å²) >= 11 is 1.87. The number of carboxylic acid groups (broad SMARTS) is 1. The zero-order chi connectivity index (χ0) is 16.0. The highest BCUT2D eigenvalue weighted by Crippen LogP contribution is 2.56. The van der Waals surface area contributed by atoms with Crippen LogP contribution in [0.4, 0.5) is 13.2 Å². The summed E-state index contributed by atoms with van der Waals surface area (Å²) in [6.07, 6.45) is -3.06. The maximum atomic E-state index is 12.8. The Morgan fingerprint density at radius 1 is 1.52 bits per heavy atom. The van der Waals surface area contributed by atoms with E-state index in [4.69, 9.17) is 0 Å². The molecule has 0 aliphatic carbocycles. The van der Waals surface area contributed by atoms with Gasteiger partial charge in [0, 0.05) is 5.75 Å². The van der Waals surface area contributed by atoms with E-state index < -0.39 is 39.8 Å². The predicted octanol–water partition coefficient (Wildman–Crippen LogP) is 1.89. The largest absolute Gasteiger partial charge is 0.477 e. The van der Waals surface area contributed by atoms with Gasteiger partial charge in [0.1, 0.15) is 0 Å². The smallest absolute Gasteiger partial charge is 0.427 e. The summed E-state index contributed by atoms with van der Waals surface area (Å²) in [6.45, 7) is 0. The molecule has 5 nitrogen and oxygen atoms in total. The lowest BCUT2D eigenvalue weighted by Gasteiger charge is -2.39. The Labute approximate surface area is 130 Å². The minimum Gasteiger partial charge on any atom is -0.477 e. The number of halogens is 3. The monoisotopic (exact) mass is 361 g/mol. The fourth-order valence-electron chi connectivity index (χ4n) is 1.77. The number of nitrogens with zero attached hydrogens (tertiary/aromatic N) is 1. The Morgan fingerprint density at radius 2 is 2.14 bits per heavy atom. The highest BCUT2D eigenvalue weighted by atomic mass is 32.2. The highest BCUT2D eigenvalue weighted by molar-refractivity contribution is 8.26. The summed E-state index contributed by atoms with van der Waals surface area (Å²) in [4.78, 5) is 20.9. The number of aliphatic carboxylic acids is 1. The molecule has 2 heterocycles. The summed E-state index contributed by atoms with van der Waals surface area (Å²) in [7, 11) is 0. The van der Waals surface area contributed by atoms with Gasteiger partial charge in [-0.2, -0.15) is 13.2 Å². The van der Waals surface area contributed by atoms with Crippen molar-refractivity contribution < 1.29 is 33.0 Å². The summed E-state index contributed by atoms with van der Waals surface area (Å²) in [5, 5.41) is 18.4. The molecule has 1 amide bonds. The van der Waals surface area contributed by atoms with Crippen LogP contribution in [0.3, 0.4) is 0 Å². The van der Waals surface area contributed by atoms with E-state index in [0.29, 0.717) is 11.8 Å². The number of rotatable bonds is 3. The molecule has 2 fully saturated rings. The van der Waals surface area contributed by atoms with Gasteiger partial charge in [0.25, 0.3) is 0 Å². The van der Waals surface area contributed by atoms with Gasteiger partial charge in [-0.1, -0.05) is 11.8 Å². The van der Waals surface area contributed by atoms with Crippen molar-refractivity contribution >= 4 is 47.2 Å². The lowest BCUT2D eigenvalue weighted by Crippen LogP contribution is -2.51. The molecular weight excluding hydrogens is 351 g/mol. The number of amides is 1. The number of β-lactam (4-membered cyclic amide) rings is 1. The van der Waals surface area contributed by atoms with E-state index in [0.717, 1.165) is 4.90 Å². The van der Waals surface area contributed by atoms with Crippen LogP contribution in [0.1, 0.15) is 6.42 Å². The average Bonchev–Trinajstić information content (AvgIpc) is 2.75. The van der Waals surface area contributed by atoms with Gasteiger partial charge in [-0.05, 0) is 6.26 Å². The fraction of sp³-hybridized carbons (Fsp3) is 0.600. The lowest BCUT2D eigenvalue weighted by molar-refractivity contribution is -0.210. The molecule has 2 aliphatic heterocycles. The first-order valence-electron chi connectivity index (χ1n) is 5.54. The number of aliphatic hydroxyl groups is 1. The molecule has 2 rings (SSSR count). The van der Waals surface area contributed by atoms with Crippen LogP contribution in [0.2, 0.25) is 0 Å². The first-order valence-corrected chi connectivity index (χ1v) is 8.63. The summed E-state index contributed by atoms with van der Waals surface area (Å²) in [5.74, 6) is -2.65. The molecule has 0 aromatic carbocycles. The number of carboxylic acids is 1. The molecule has 2 aliphatic rings. The molecule has 21 heavy (non-hydrogen) atoms. The van der Waals surface area contributed by atoms with Crippen molar-refractivity contribution in [2.24, 2.45) is 0 Å². The number of carbonyl (C=O) groups excluding carboxylic acids is 1. The van der Waals surface area contributed by atoms with Gasteiger partial charge in [0.05, 0.1) is 16.0 Å². The first-order chi connectivity index (χ1) is 9.60. The fourth-order valence-corrected chi connectivity index (χ4v) is 5.26. The SMILES string of the molecule is CSC1CC(=O)N1C(C(=O)O)=C1SCC(O)(C(F)(F)F)S1. The molecule has 0 spiro atoms. The molecule has 2 N–H and O–H groups in total. The third-order valence-electron chi connectivity index (χ3n) is 2.92. The minimum atomic E-state index is -4.88. The Bertz CT molecular complexity index is 524. The Morgan fingerprint density at radius 3 is 2.52 bits per heavy atom. The van der Waals surface area contributed by atoms with Gasteiger partial charge in [0.2, 0.25) is 10.8 Å². The lowest BCUT2D eigenvalue weighted by atomic mass is 10.2. The number of alkyl halides is 3. The van der Waals surface area contributed by atoms with E-state index in [1.165, 1.54) is 11.8 Å². The van der Waals surface area contributed by atoms with Crippen LogP contribution < -0.4 is 0 Å². The van der Waals surface area contributed by atoms with Crippen LogP contribution in [-0.4, -0.2) is 55.5 Å². The number of hydrogen-bond donors (Lipinski definition) is 2. The van der Waals surface area contributed by atoms with Gasteiger partial charge >= 0.3 is 12.1 Å². The number of likely N-dealkylation sites (tertiary alicyclic amines) is 1. The number of hydrogen-bond acceptors (Lipinski definition) is 6. The van der Waals surface area contributed by atoms with Crippen LogP contribution >= 0.6 is 35.3 Å². The summed E-state index contributed by atoms with van der Waals surface area (Å²) < 4.78 is 38.1. The van der Waals surface area contributed by atoms with Gasteiger partial charge in [-0.15, -0.1) is 23.5 Å². The van der Waals surface area contributed by atoms with Crippen molar-refractivity contribution in [2.45, 2.75) is 22.9 Å². The molecule has 0 saturated carbocycles. The van der Waals surface area contributed by atoms with Crippen molar-refractivity contribution in [1.82, 2.24) is 4.90 Å². The number of carbonyl (C=O) groups is 2. The van der Waals surface area contributed by atoms with E-state index in [1.807, 2.05) is 0 Å². The second-order valence-corrected chi connectivity index (χ2v) is 7.82. The van der Waals surface area contributed by atoms with Crippen molar-refractivity contribution in [3.8, 4) is 0 Å². The second-order valence-electron chi connectivity index (χ2n) is 4.27. The van der Waals surface area contributed by atoms with E-state index in [9.17, 15) is 33.0 Å². The Balaban J connectivity index is 2.35. The van der Waals surface area contributed by atoms with E-state index in [2.05, 4.69) is 0 Å². The molecule has 0 aromatic heterocycles. The van der Waals surface area contributed by atoms with E-state index >= 15 is 0 Å². The summed E-state index contributed by atoms with van der Waals surface area (Å²) in [5.41, 5.74) is -0.485. The van der Waals surface area contributed by atoms with E-state index in [-0.39, 0.29) is 22.4 Å². The van der Waals surface area contributed by atoms with Crippen LogP contribution in [0, 0.1) is 0 Å². The maximum absolute atomic E-state index is 12.8. The van der Waals surface area contributed by atoms with Gasteiger partial charge in [0.15, 0.2) is 5.70 Å². The molecule has 2 atom stereocenters. The zero-order valence-corrected chi connectivity index (χ0v) is 13.0. The second kappa shape index (κ2) is 5.60. The van der Waals surface area contributed by atoms with Gasteiger partial charge in [-0.25, -0.2) is 4.79 Å². The molecule has 118 valence electrons. The molecule has 0 radical (unpaired) electrons. The maximum Gasteiger partial charge on any atom is 0.427 e. The zero-order valence-electron chi connectivity index (χ0n) is 10.5. The minimum absolute atomic E-state index is 0.0377. The van der Waals surface area contributed by atoms with Crippen LogP contribution in [0.25, 0.3) is 0 Å². The molecule has 0 aromatic rings. The summed E-state index contributed by atoms with van der Waals surface area (Å²) in [6, 6.07) is 0. The quantitative estimate of drug-likeness (QED) is 0.587.